The van der Waals surface area contributed by atoms with E-state index >= 15 is 0 Å². The molecule has 0 aromatic carbocycles. The summed E-state index contributed by atoms with van der Waals surface area (Å²) >= 11 is 0. The topological polar surface area (TPSA) is 77.8 Å². The van der Waals surface area contributed by atoms with Crippen molar-refractivity contribution >= 4 is 83.5 Å². The summed E-state index contributed by atoms with van der Waals surface area (Å²) in [6.45, 7) is 13.8. The van der Waals surface area contributed by atoms with Crippen molar-refractivity contribution in [2.45, 2.75) is 58.7 Å². The van der Waals surface area contributed by atoms with E-state index in [9.17, 15) is 19.8 Å². The predicted molar refractivity (Wildman–Crippen MR) is 147 cm³/mol. The molecule has 0 saturated carbocycles. The molecule has 2 fully saturated rings. The molecule has 0 spiro atoms. The lowest BCUT2D eigenvalue weighted by atomic mass is 8.88. The molecule has 2 amide bonds. The van der Waals surface area contributed by atoms with Crippen LogP contribution in [0.4, 0.5) is 9.59 Å². The summed E-state index contributed by atoms with van der Waals surface area (Å²) in [7, 11) is 12.6. The number of rotatable bonds is 4. The van der Waals surface area contributed by atoms with Gasteiger partial charge < -0.3 is 10.2 Å². The number of fused-ring (bicyclic) bond motifs is 2. The highest BCUT2D eigenvalue weighted by atomic mass is 16.4. The number of hydrogen-bond donors (Lipinski definition) is 2. The van der Waals surface area contributed by atoms with Crippen LogP contribution in [0.3, 0.4) is 0 Å². The van der Waals surface area contributed by atoms with Crippen LogP contribution in [0.1, 0.15) is 48.0 Å². The zero-order valence-corrected chi connectivity index (χ0v) is 20.2. The fraction of sp³-hybridized carbons (Fsp3) is 0.867. The first-order valence-electron chi connectivity index (χ1n) is 12.0. The molecule has 154 valence electrons. The highest BCUT2D eigenvalue weighted by Gasteiger charge is 2.63. The van der Waals surface area contributed by atoms with Gasteiger partial charge in [-0.25, -0.2) is 14.5 Å². The van der Waals surface area contributed by atoms with Gasteiger partial charge in [-0.3, -0.25) is 0 Å². The molecule has 2 unspecified atom stereocenters. The van der Waals surface area contributed by atoms with Crippen LogP contribution in [0, 0.1) is 16.2 Å². The van der Waals surface area contributed by atoms with Crippen LogP contribution in [0.5, 0.6) is 0 Å². The van der Waals surface area contributed by atoms with Gasteiger partial charge in [0.05, 0.1) is 36.0 Å². The second-order valence-corrected chi connectivity index (χ2v) is 12.1. The monoisotopic (exact) mass is 403 g/mol. The summed E-state index contributed by atoms with van der Waals surface area (Å²) in [6, 6.07) is 0. The molecule has 5 nitrogen and oxygen atoms in total. The number of carboxylic acid groups (broad SMARTS) is 2. The Morgan fingerprint density at radius 2 is 1.37 bits per heavy atom. The maximum Gasteiger partial charge on any atom is 0.416 e. The third-order valence-electron chi connectivity index (χ3n) is 8.62. The molecular formula is C15H35B10NO4. The lowest BCUT2D eigenvalue weighted by molar-refractivity contribution is -0.0454. The second kappa shape index (κ2) is 9.48. The largest absolute Gasteiger partial charge is 0.465 e. The van der Waals surface area contributed by atoms with Crippen LogP contribution < -0.4 is 0 Å². The molecule has 0 aromatic heterocycles. The summed E-state index contributed by atoms with van der Waals surface area (Å²) in [6.07, 6.45) is -2.15. The average molecular weight is 402 g/mol. The molecule has 2 heterocycles. The molecule has 2 aliphatic heterocycles. The van der Waals surface area contributed by atoms with Crippen molar-refractivity contribution in [3.63, 3.8) is 0 Å². The normalized spacial score (nSPS) is 23.6. The van der Waals surface area contributed by atoms with E-state index in [0.717, 1.165) is 5.62 Å². The van der Waals surface area contributed by atoms with Gasteiger partial charge in [-0.15, -0.1) is 10.7 Å². The van der Waals surface area contributed by atoms with Crippen molar-refractivity contribution in [2.75, 3.05) is 6.54 Å². The van der Waals surface area contributed by atoms with E-state index in [4.69, 9.17) is 0 Å². The number of amides is 2. The molecule has 15 heteroatoms. The van der Waals surface area contributed by atoms with Gasteiger partial charge in [0.1, 0.15) is 0 Å². The predicted octanol–water partition coefficient (Wildman–Crippen LogP) is -2.31. The van der Waals surface area contributed by atoms with E-state index in [1.165, 1.54) is 71.3 Å². The highest BCUT2D eigenvalue weighted by molar-refractivity contribution is 7.64. The van der Waals surface area contributed by atoms with E-state index in [0.29, 0.717) is 11.3 Å². The Bertz CT molecular complexity index is 612. The van der Waals surface area contributed by atoms with Crippen molar-refractivity contribution < 1.29 is 19.8 Å². The summed E-state index contributed by atoms with van der Waals surface area (Å²) in [5, 5.41) is 19.1. The summed E-state index contributed by atoms with van der Waals surface area (Å²) in [5.74, 6) is 0. The van der Waals surface area contributed by atoms with E-state index in [1.807, 2.05) is 0 Å². The Morgan fingerprint density at radius 1 is 0.833 bits per heavy atom. The van der Waals surface area contributed by atoms with Gasteiger partial charge in [0.25, 0.3) is 0 Å². The lowest BCUT2D eigenvalue weighted by Gasteiger charge is -2.65. The van der Waals surface area contributed by atoms with Gasteiger partial charge in [-0.05, 0) is 22.7 Å². The van der Waals surface area contributed by atoms with Crippen molar-refractivity contribution in [1.29, 1.82) is 0 Å². The van der Waals surface area contributed by atoms with Gasteiger partial charge in [0.2, 0.25) is 0 Å². The smallest absolute Gasteiger partial charge is 0.416 e. The van der Waals surface area contributed by atoms with Crippen molar-refractivity contribution in [3.8, 4) is 0 Å². The zero-order valence-electron chi connectivity index (χ0n) is 20.2. The Kier molecular flexibility index (Phi) is 8.11. The van der Waals surface area contributed by atoms with Crippen LogP contribution in [-0.2, 0) is 0 Å². The number of carbonyl (C=O) groups is 2. The average Bonchev–Trinajstić information content (AvgIpc) is 2.97. The molecular weight excluding hydrogens is 366 g/mol. The number of hydrogen-bond acceptors (Lipinski definition) is 2. The molecule has 0 radical (unpaired) electrons. The number of imide groups is 1. The molecule has 2 bridgehead atoms. The Labute approximate surface area is 189 Å². The molecule has 2 saturated heterocycles. The second-order valence-electron chi connectivity index (χ2n) is 12.1. The quantitative estimate of drug-likeness (QED) is 0.519. The minimum atomic E-state index is -1.37. The van der Waals surface area contributed by atoms with Gasteiger partial charge in [0.15, 0.2) is 0 Å². The molecule has 30 heavy (non-hydrogen) atoms. The molecule has 0 aliphatic carbocycles. The van der Waals surface area contributed by atoms with Gasteiger partial charge in [0, 0.05) is 41.9 Å². The first-order chi connectivity index (χ1) is 13.8. The molecule has 2 N–H and O–H groups in total. The maximum absolute atomic E-state index is 11.6. The third-order valence-corrected chi connectivity index (χ3v) is 8.62. The fourth-order valence-corrected chi connectivity index (χ4v) is 8.02. The summed E-state index contributed by atoms with van der Waals surface area (Å²) in [5.41, 5.74) is 0.437. The first kappa shape index (κ1) is 25.6. The Morgan fingerprint density at radius 3 is 1.90 bits per heavy atom. The lowest BCUT2D eigenvalue weighted by Crippen LogP contribution is -2.62. The van der Waals surface area contributed by atoms with Crippen molar-refractivity contribution in [1.82, 2.24) is 4.90 Å². The van der Waals surface area contributed by atoms with Gasteiger partial charge >= 0.3 is 12.2 Å². The third kappa shape index (κ3) is 4.90. The van der Waals surface area contributed by atoms with E-state index in [-0.39, 0.29) is 27.9 Å². The van der Waals surface area contributed by atoms with E-state index < -0.39 is 12.2 Å². The Balaban J connectivity index is 2.56. The fourth-order valence-electron chi connectivity index (χ4n) is 8.02. The van der Waals surface area contributed by atoms with Crippen LogP contribution in [0.15, 0.2) is 0 Å². The highest BCUT2D eigenvalue weighted by Crippen LogP contribution is 2.67. The van der Waals surface area contributed by atoms with Gasteiger partial charge in [-0.2, -0.15) is 0 Å². The van der Waals surface area contributed by atoms with Gasteiger partial charge in [-0.1, -0.05) is 41.5 Å². The van der Waals surface area contributed by atoms with Crippen LogP contribution >= 0.6 is 0 Å². The molecule has 2 atom stereocenters. The maximum atomic E-state index is 11.6. The van der Waals surface area contributed by atoms with E-state index in [1.54, 1.807) is 0 Å². The Hall–Kier alpha value is -0.611. The number of nitrogens with zero attached hydrogens (tertiary/aromatic N) is 1. The minimum Gasteiger partial charge on any atom is -0.465 e. The van der Waals surface area contributed by atoms with Crippen LogP contribution in [0.2, 0.25) is 10.7 Å². The molecule has 0 aromatic rings. The van der Waals surface area contributed by atoms with Crippen molar-refractivity contribution in [2.24, 2.45) is 16.2 Å². The first-order valence-corrected chi connectivity index (χ1v) is 12.0. The standard InChI is InChI=1S/C15H35B10NO4/c1-12(2,3)14(13(4,5)6,7-8-26(10(27)28)11(29)30)15-16-9(17-19-15)18-21-23-25-24-22-20-15/h9,16-25H,7-8H2,1-6H3,(H,27,28)(H,29,30). The summed E-state index contributed by atoms with van der Waals surface area (Å²) in [4.78, 5) is 23.8. The van der Waals surface area contributed by atoms with Crippen molar-refractivity contribution in [3.05, 3.63) is 0 Å². The minimum absolute atomic E-state index is 0.0472. The SMILES string of the molecule is CC(C)(C)C(CCN(C(=O)O)C(=O)O)(C(C)(C)C)C12BBBBBBBC(BB1)B2. The zero-order chi connectivity index (χ0) is 22.8. The molecule has 2 rings (SSSR count). The van der Waals surface area contributed by atoms with E-state index in [2.05, 4.69) is 41.5 Å². The van der Waals surface area contributed by atoms with Crippen LogP contribution in [0.25, 0.3) is 0 Å². The summed E-state index contributed by atoms with van der Waals surface area (Å²) < 4.78 is 0. The molecule has 2 aliphatic rings. The van der Waals surface area contributed by atoms with Crippen LogP contribution in [-0.4, -0.2) is 105 Å².